The molecule has 1 N–H and O–H groups in total. The van der Waals surface area contributed by atoms with Gasteiger partial charge in [0, 0.05) is 42.3 Å². The standard InChI is InChI=1S/C20H19F5N4O3S/c1-19(2)9-33(31,32)5-4-29(19)14-7-13-11(8-26-14)17(27-28(13)3)10-6-12(20(23,24)25)16(22)18(30)15(10)21/h6-8,30H,4-5,9H2,1-3H3. The van der Waals surface area contributed by atoms with Crippen molar-refractivity contribution in [3.8, 4) is 17.0 Å². The van der Waals surface area contributed by atoms with Crippen molar-refractivity contribution in [2.75, 3.05) is 23.0 Å². The number of halogens is 5. The van der Waals surface area contributed by atoms with Crippen molar-refractivity contribution in [3.63, 3.8) is 0 Å². The maximum atomic E-state index is 14.6. The first-order valence-corrected chi connectivity index (χ1v) is 11.5. The van der Waals surface area contributed by atoms with Gasteiger partial charge in [-0.05, 0) is 19.9 Å². The van der Waals surface area contributed by atoms with Crippen LogP contribution in [0.1, 0.15) is 19.4 Å². The Morgan fingerprint density at radius 1 is 1.15 bits per heavy atom. The lowest BCUT2D eigenvalue weighted by molar-refractivity contribution is -0.140. The van der Waals surface area contributed by atoms with Crippen LogP contribution in [0.5, 0.6) is 5.75 Å². The van der Waals surface area contributed by atoms with Crippen LogP contribution < -0.4 is 4.90 Å². The summed E-state index contributed by atoms with van der Waals surface area (Å²) < 4.78 is 93.4. The molecular weight excluding hydrogens is 471 g/mol. The first-order valence-electron chi connectivity index (χ1n) is 9.72. The predicted molar refractivity (Wildman–Crippen MR) is 111 cm³/mol. The van der Waals surface area contributed by atoms with Gasteiger partial charge in [0.15, 0.2) is 27.2 Å². The monoisotopic (exact) mass is 490 g/mol. The number of pyridine rings is 1. The first-order chi connectivity index (χ1) is 15.1. The lowest BCUT2D eigenvalue weighted by atomic mass is 10.0. The number of fused-ring (bicyclic) bond motifs is 1. The van der Waals surface area contributed by atoms with E-state index in [2.05, 4.69) is 10.1 Å². The van der Waals surface area contributed by atoms with Crippen LogP contribution in [0.4, 0.5) is 27.8 Å². The number of sulfone groups is 1. The summed E-state index contributed by atoms with van der Waals surface area (Å²) in [5.41, 5.74) is -3.21. The van der Waals surface area contributed by atoms with Crippen molar-refractivity contribution >= 4 is 26.6 Å². The number of nitrogens with zero attached hydrogens (tertiary/aromatic N) is 4. The number of aromatic hydroxyl groups is 1. The minimum Gasteiger partial charge on any atom is -0.503 e. The summed E-state index contributed by atoms with van der Waals surface area (Å²) in [6.45, 7) is 3.69. The molecule has 0 bridgehead atoms. The summed E-state index contributed by atoms with van der Waals surface area (Å²) in [6, 6.07) is 1.83. The Balaban J connectivity index is 1.86. The van der Waals surface area contributed by atoms with Gasteiger partial charge in [-0.1, -0.05) is 0 Å². The molecule has 1 fully saturated rings. The lowest BCUT2D eigenvalue weighted by Gasteiger charge is -2.42. The van der Waals surface area contributed by atoms with Crippen molar-refractivity contribution in [2.24, 2.45) is 7.05 Å². The number of anilines is 1. The Hall–Kier alpha value is -2.96. The normalized spacial score (nSPS) is 18.1. The molecule has 1 aliphatic heterocycles. The number of benzene rings is 1. The molecule has 3 aromatic rings. The molecule has 1 saturated heterocycles. The van der Waals surface area contributed by atoms with Gasteiger partial charge in [-0.2, -0.15) is 18.3 Å². The summed E-state index contributed by atoms with van der Waals surface area (Å²) in [7, 11) is -1.74. The van der Waals surface area contributed by atoms with Crippen LogP contribution in [0.3, 0.4) is 0 Å². The van der Waals surface area contributed by atoms with E-state index in [4.69, 9.17) is 0 Å². The predicted octanol–water partition coefficient (Wildman–Crippen LogP) is 3.65. The molecular formula is C20H19F5N4O3S. The van der Waals surface area contributed by atoms with Gasteiger partial charge in [-0.15, -0.1) is 0 Å². The molecule has 2 aromatic heterocycles. The van der Waals surface area contributed by atoms with Crippen molar-refractivity contribution in [1.29, 1.82) is 0 Å². The van der Waals surface area contributed by atoms with E-state index in [0.717, 1.165) is 0 Å². The van der Waals surface area contributed by atoms with Crippen LogP contribution in [0.15, 0.2) is 18.3 Å². The molecule has 0 spiro atoms. The Labute approximate surface area is 185 Å². The van der Waals surface area contributed by atoms with E-state index in [0.29, 0.717) is 11.3 Å². The van der Waals surface area contributed by atoms with Crippen molar-refractivity contribution in [1.82, 2.24) is 14.8 Å². The van der Waals surface area contributed by atoms with Crippen LogP contribution in [0, 0.1) is 11.6 Å². The quantitative estimate of drug-likeness (QED) is 0.552. The molecule has 0 radical (unpaired) electrons. The maximum Gasteiger partial charge on any atom is 0.419 e. The summed E-state index contributed by atoms with van der Waals surface area (Å²) in [4.78, 5) is 6.11. The molecule has 1 aromatic carbocycles. The molecule has 0 unspecified atom stereocenters. The number of hydrogen-bond donors (Lipinski definition) is 1. The fraction of sp³-hybridized carbons (Fsp3) is 0.400. The molecule has 0 saturated carbocycles. The number of phenolic OH excluding ortho intramolecular Hbond substituents is 1. The van der Waals surface area contributed by atoms with Gasteiger partial charge in [0.05, 0.1) is 22.6 Å². The lowest BCUT2D eigenvalue weighted by Crippen LogP contribution is -2.56. The first kappa shape index (κ1) is 23.2. The van der Waals surface area contributed by atoms with Crippen molar-refractivity contribution < 1.29 is 35.5 Å². The third-order valence-corrected chi connectivity index (χ3v) is 7.62. The number of hydrogen-bond acceptors (Lipinski definition) is 6. The van der Waals surface area contributed by atoms with Gasteiger partial charge in [0.1, 0.15) is 11.5 Å². The molecule has 0 aliphatic carbocycles. The number of rotatable bonds is 2. The van der Waals surface area contributed by atoms with Gasteiger partial charge in [0.2, 0.25) is 0 Å². The summed E-state index contributed by atoms with van der Waals surface area (Å²) in [5.74, 6) is -5.17. The zero-order chi connectivity index (χ0) is 24.5. The Bertz CT molecular complexity index is 1380. The zero-order valence-corrected chi connectivity index (χ0v) is 18.5. The third kappa shape index (κ3) is 3.87. The number of aromatic nitrogens is 3. The second-order valence-corrected chi connectivity index (χ2v) is 10.7. The van der Waals surface area contributed by atoms with Crippen LogP contribution >= 0.6 is 0 Å². The van der Waals surface area contributed by atoms with E-state index in [1.165, 1.54) is 17.9 Å². The Kier molecular flexibility index (Phi) is 5.11. The second-order valence-electron chi connectivity index (χ2n) is 8.53. The molecule has 0 atom stereocenters. The average molecular weight is 490 g/mol. The Morgan fingerprint density at radius 3 is 2.42 bits per heavy atom. The highest BCUT2D eigenvalue weighted by molar-refractivity contribution is 7.91. The van der Waals surface area contributed by atoms with Crippen LogP contribution in [0.25, 0.3) is 22.2 Å². The molecule has 1 aliphatic rings. The average Bonchev–Trinajstić information content (AvgIpc) is 3.00. The summed E-state index contributed by atoms with van der Waals surface area (Å²) in [6.07, 6.45) is -3.89. The number of alkyl halides is 3. The van der Waals surface area contributed by atoms with Crippen LogP contribution in [0.2, 0.25) is 0 Å². The minimum atomic E-state index is -5.17. The number of aryl methyl sites for hydroxylation is 1. The second kappa shape index (κ2) is 7.27. The summed E-state index contributed by atoms with van der Waals surface area (Å²) in [5, 5.41) is 13.9. The molecule has 178 valence electrons. The van der Waals surface area contributed by atoms with E-state index >= 15 is 0 Å². The highest BCUT2D eigenvalue weighted by Gasteiger charge is 2.39. The molecule has 3 heterocycles. The van der Waals surface area contributed by atoms with E-state index in [-0.39, 0.29) is 35.2 Å². The number of phenols is 1. The third-order valence-electron chi connectivity index (χ3n) is 5.67. The molecule has 4 rings (SSSR count). The Morgan fingerprint density at radius 2 is 1.82 bits per heavy atom. The van der Waals surface area contributed by atoms with E-state index < -0.39 is 50.1 Å². The van der Waals surface area contributed by atoms with E-state index in [1.54, 1.807) is 24.8 Å². The maximum absolute atomic E-state index is 14.6. The molecule has 13 heteroatoms. The summed E-state index contributed by atoms with van der Waals surface area (Å²) >= 11 is 0. The molecule has 0 amide bonds. The highest BCUT2D eigenvalue weighted by atomic mass is 32.2. The molecule has 33 heavy (non-hydrogen) atoms. The van der Waals surface area contributed by atoms with Gasteiger partial charge in [0.25, 0.3) is 0 Å². The zero-order valence-electron chi connectivity index (χ0n) is 17.7. The van der Waals surface area contributed by atoms with E-state index in [1.807, 2.05) is 0 Å². The minimum absolute atomic E-state index is 0.0624. The van der Waals surface area contributed by atoms with Gasteiger partial charge < -0.3 is 10.0 Å². The largest absolute Gasteiger partial charge is 0.503 e. The van der Waals surface area contributed by atoms with Gasteiger partial charge in [-0.3, -0.25) is 4.68 Å². The van der Waals surface area contributed by atoms with Crippen molar-refractivity contribution in [2.45, 2.75) is 25.6 Å². The van der Waals surface area contributed by atoms with Crippen LogP contribution in [-0.2, 0) is 23.1 Å². The fourth-order valence-electron chi connectivity index (χ4n) is 4.14. The van der Waals surface area contributed by atoms with Crippen molar-refractivity contribution in [3.05, 3.63) is 35.5 Å². The topological polar surface area (TPSA) is 88.3 Å². The van der Waals surface area contributed by atoms with Crippen LogP contribution in [-0.4, -0.2) is 51.9 Å². The smallest absolute Gasteiger partial charge is 0.419 e. The fourth-order valence-corrected chi connectivity index (χ4v) is 5.97. The van der Waals surface area contributed by atoms with Gasteiger partial charge >= 0.3 is 6.18 Å². The van der Waals surface area contributed by atoms with Gasteiger partial charge in [-0.25, -0.2) is 22.2 Å². The van der Waals surface area contributed by atoms with E-state index in [9.17, 15) is 35.5 Å². The highest BCUT2D eigenvalue weighted by Crippen LogP contribution is 2.42. The SMILES string of the molecule is Cn1nc(-c2cc(C(F)(F)F)c(F)c(O)c2F)c2cnc(N3CCS(=O)(=O)CC3(C)C)cc21. The molecule has 7 nitrogen and oxygen atoms in total.